The Morgan fingerprint density at radius 3 is 3.00 bits per heavy atom. The lowest BCUT2D eigenvalue weighted by Gasteiger charge is -1.96. The number of rotatable bonds is 4. The van der Waals surface area contributed by atoms with Crippen molar-refractivity contribution in [2.45, 2.75) is 0 Å². The summed E-state index contributed by atoms with van der Waals surface area (Å²) in [5.74, 6) is -0.328. The van der Waals surface area contributed by atoms with Crippen LogP contribution < -0.4 is 0 Å². The van der Waals surface area contributed by atoms with Gasteiger partial charge in [-0.2, -0.15) is 0 Å². The van der Waals surface area contributed by atoms with Crippen LogP contribution in [0.25, 0.3) is 6.08 Å². The number of hydrogen-bond acceptors (Lipinski definition) is 2. The molecule has 0 N–H and O–H groups in total. The zero-order valence-electron chi connectivity index (χ0n) is 7.17. The van der Waals surface area contributed by atoms with Crippen LogP contribution in [-0.2, 0) is 9.53 Å². The lowest BCUT2D eigenvalue weighted by molar-refractivity contribution is 0.314. The van der Waals surface area contributed by atoms with Crippen LogP contribution in [0.3, 0.4) is 0 Å². The second-order valence-electron chi connectivity index (χ2n) is 2.46. The largest absolute Gasteiger partial charge is 0.453 e. The van der Waals surface area contributed by atoms with Crippen LogP contribution in [0.15, 0.2) is 28.7 Å². The summed E-state index contributed by atoms with van der Waals surface area (Å²) in [4.78, 5) is 9.67. The van der Waals surface area contributed by atoms with Crippen molar-refractivity contribution in [1.82, 2.24) is 0 Å². The lowest BCUT2D eigenvalue weighted by atomic mass is 10.2. The van der Waals surface area contributed by atoms with E-state index in [-0.39, 0.29) is 12.4 Å². The maximum Gasteiger partial charge on any atom is 0.417 e. The van der Waals surface area contributed by atoms with Crippen molar-refractivity contribution in [2.24, 2.45) is 0 Å². The Morgan fingerprint density at radius 2 is 2.36 bits per heavy atom. The highest BCUT2D eigenvalue weighted by atomic mass is 79.9. The first-order chi connectivity index (χ1) is 6.74. The predicted octanol–water partition coefficient (Wildman–Crippen LogP) is 2.69. The van der Waals surface area contributed by atoms with Crippen molar-refractivity contribution < 1.29 is 13.9 Å². The Labute approximate surface area is 89.5 Å². The molecule has 1 rings (SSSR count). The minimum atomic E-state index is -0.328. The summed E-state index contributed by atoms with van der Waals surface area (Å²) in [7, 11) is 0. The Morgan fingerprint density at radius 1 is 1.57 bits per heavy atom. The number of benzene rings is 1. The van der Waals surface area contributed by atoms with Gasteiger partial charge in [-0.15, -0.1) is 0 Å². The molecule has 0 aliphatic rings. The monoisotopic (exact) mass is 257 g/mol. The van der Waals surface area contributed by atoms with E-state index in [9.17, 15) is 9.18 Å². The molecule has 0 aromatic heterocycles. The fraction of sp³-hybridized carbons (Fsp3) is 0.100. The summed E-state index contributed by atoms with van der Waals surface area (Å²) in [6.45, 7) is 1.37. The molecule has 0 bridgehead atoms. The van der Waals surface area contributed by atoms with Crippen LogP contribution in [-0.4, -0.2) is 13.1 Å². The third-order valence-corrected chi connectivity index (χ3v) is 1.99. The average molecular weight is 258 g/mol. The van der Waals surface area contributed by atoms with E-state index in [1.165, 1.54) is 18.6 Å². The fourth-order valence-corrected chi connectivity index (χ4v) is 1.23. The van der Waals surface area contributed by atoms with Gasteiger partial charge in [0, 0.05) is 10.0 Å². The molecule has 0 spiro atoms. The van der Waals surface area contributed by atoms with Gasteiger partial charge in [0.15, 0.2) is 0 Å². The second kappa shape index (κ2) is 5.54. The van der Waals surface area contributed by atoms with Gasteiger partial charge in [0.05, 0.1) is 0 Å². The van der Waals surface area contributed by atoms with Crippen molar-refractivity contribution in [1.29, 1.82) is 0 Å². The molecule has 0 heterocycles. The zero-order chi connectivity index (χ0) is 10.4. The van der Waals surface area contributed by atoms with Gasteiger partial charge in [0.2, 0.25) is 0 Å². The third kappa shape index (κ3) is 3.30. The molecule has 73 valence electrons. The lowest BCUT2D eigenvalue weighted by Crippen LogP contribution is -1.86. The molecule has 0 fully saturated rings. The van der Waals surface area contributed by atoms with Gasteiger partial charge < -0.3 is 4.74 Å². The second-order valence-corrected chi connectivity index (χ2v) is 3.38. The van der Waals surface area contributed by atoms with Crippen LogP contribution >= 0.6 is 15.9 Å². The Balaban J connectivity index is 2.67. The number of hydrogen-bond donors (Lipinski definition) is 0. The molecule has 0 unspecified atom stereocenters. The van der Waals surface area contributed by atoms with Gasteiger partial charge in [-0.1, -0.05) is 28.1 Å². The van der Waals surface area contributed by atoms with E-state index in [4.69, 9.17) is 0 Å². The summed E-state index contributed by atoms with van der Waals surface area (Å²) in [6, 6.07) is 4.72. The summed E-state index contributed by atoms with van der Waals surface area (Å²) >= 11 is 3.15. The fourth-order valence-electron chi connectivity index (χ4n) is 0.894. The molecule has 1 aromatic rings. The van der Waals surface area contributed by atoms with Gasteiger partial charge in [-0.25, -0.2) is 9.18 Å². The van der Waals surface area contributed by atoms with Crippen LogP contribution in [0.1, 0.15) is 5.56 Å². The normalized spacial score (nSPS) is 10.4. The molecule has 4 heteroatoms. The summed E-state index contributed by atoms with van der Waals surface area (Å²) in [5, 5.41) is 0. The molecule has 0 aliphatic carbocycles. The SMILES string of the molecule is O=[C]OC/C=C/c1ccc(Br)cc1F. The zero-order valence-corrected chi connectivity index (χ0v) is 8.75. The first-order valence-electron chi connectivity index (χ1n) is 3.84. The number of ether oxygens (including phenoxy) is 1. The quantitative estimate of drug-likeness (QED) is 0.776. The first kappa shape index (κ1) is 10.9. The van der Waals surface area contributed by atoms with Crippen molar-refractivity contribution >= 4 is 28.5 Å². The van der Waals surface area contributed by atoms with Gasteiger partial charge in [0.1, 0.15) is 12.4 Å². The van der Waals surface area contributed by atoms with Gasteiger partial charge >= 0.3 is 6.47 Å². The maximum atomic E-state index is 13.2. The number of carbonyl (C=O) groups excluding carboxylic acids is 1. The molecule has 2 nitrogen and oxygen atoms in total. The van der Waals surface area contributed by atoms with Gasteiger partial charge in [-0.05, 0) is 18.2 Å². The first-order valence-corrected chi connectivity index (χ1v) is 4.64. The van der Waals surface area contributed by atoms with Crippen LogP contribution in [0.4, 0.5) is 4.39 Å². The molecule has 0 amide bonds. The van der Waals surface area contributed by atoms with Crippen LogP contribution in [0.5, 0.6) is 0 Å². The highest BCUT2D eigenvalue weighted by molar-refractivity contribution is 9.10. The Bertz CT molecular complexity index is 350. The van der Waals surface area contributed by atoms with Crippen molar-refractivity contribution in [3.8, 4) is 0 Å². The standard InChI is InChI=1S/C10H7BrFO2/c11-9-4-3-8(10(12)6-9)2-1-5-14-7-13/h1-4,6H,5H2/b2-1+. The minimum absolute atomic E-state index is 0.0962. The average Bonchev–Trinajstić information content (AvgIpc) is 2.15. The molecule has 0 aliphatic heterocycles. The minimum Gasteiger partial charge on any atom is -0.453 e. The third-order valence-electron chi connectivity index (χ3n) is 1.50. The molecule has 1 aromatic carbocycles. The van der Waals surface area contributed by atoms with E-state index in [0.29, 0.717) is 10.0 Å². The Kier molecular flexibility index (Phi) is 4.32. The summed E-state index contributed by atoms with van der Waals surface area (Å²) in [5.41, 5.74) is 0.447. The molecular formula is C10H7BrFO2. The van der Waals surface area contributed by atoms with Gasteiger partial charge in [-0.3, -0.25) is 0 Å². The van der Waals surface area contributed by atoms with E-state index in [1.54, 1.807) is 18.2 Å². The molecule has 0 saturated heterocycles. The smallest absolute Gasteiger partial charge is 0.417 e. The molecule has 0 atom stereocenters. The number of halogens is 2. The highest BCUT2D eigenvalue weighted by Crippen LogP contribution is 2.16. The Hall–Kier alpha value is -1.16. The van der Waals surface area contributed by atoms with Crippen LogP contribution in [0, 0.1) is 5.82 Å². The van der Waals surface area contributed by atoms with Crippen LogP contribution in [0.2, 0.25) is 0 Å². The van der Waals surface area contributed by atoms with E-state index >= 15 is 0 Å². The molecular weight excluding hydrogens is 251 g/mol. The van der Waals surface area contributed by atoms with E-state index in [2.05, 4.69) is 20.7 Å². The maximum absolute atomic E-state index is 13.2. The highest BCUT2D eigenvalue weighted by Gasteiger charge is 1.97. The summed E-state index contributed by atoms with van der Waals surface area (Å²) < 4.78 is 18.1. The predicted molar refractivity (Wildman–Crippen MR) is 54.8 cm³/mol. The molecule has 1 radical (unpaired) electrons. The molecule has 0 saturated carbocycles. The van der Waals surface area contributed by atoms with Crippen molar-refractivity contribution in [2.75, 3.05) is 6.61 Å². The summed E-state index contributed by atoms with van der Waals surface area (Å²) in [6.07, 6.45) is 3.08. The van der Waals surface area contributed by atoms with E-state index in [0.717, 1.165) is 0 Å². The van der Waals surface area contributed by atoms with Crippen molar-refractivity contribution in [3.63, 3.8) is 0 Å². The van der Waals surface area contributed by atoms with Gasteiger partial charge in [0.25, 0.3) is 0 Å². The van der Waals surface area contributed by atoms with E-state index < -0.39 is 0 Å². The molecule has 14 heavy (non-hydrogen) atoms. The topological polar surface area (TPSA) is 26.3 Å². The van der Waals surface area contributed by atoms with Crippen molar-refractivity contribution in [3.05, 3.63) is 40.1 Å². The van der Waals surface area contributed by atoms with E-state index in [1.807, 2.05) is 0 Å².